The first-order valence-corrected chi connectivity index (χ1v) is 7.48. The van der Waals surface area contributed by atoms with E-state index in [9.17, 15) is 0 Å². The van der Waals surface area contributed by atoms with Gasteiger partial charge in [-0.1, -0.05) is 6.07 Å². The standard InChI is InChI=1S/C16H24N2O2.ClH/c1-19-15-6-3-12(16(9-15)20-2)10-18-8-7-13-4-5-14(11-18)17-13;/h3,6,9,13-14,17H,4-5,7-8,10-11H2,1-2H3;1H. The Hall–Kier alpha value is -0.970. The van der Waals surface area contributed by atoms with Crippen LogP contribution in [-0.4, -0.2) is 44.3 Å². The molecule has 1 N–H and O–H groups in total. The van der Waals surface area contributed by atoms with Gasteiger partial charge in [-0.3, -0.25) is 4.90 Å². The van der Waals surface area contributed by atoms with Gasteiger partial charge in [-0.05, 0) is 25.3 Å². The highest BCUT2D eigenvalue weighted by molar-refractivity contribution is 5.85. The molecule has 2 fully saturated rings. The summed E-state index contributed by atoms with van der Waals surface area (Å²) in [5.74, 6) is 1.77. The fourth-order valence-electron chi connectivity index (χ4n) is 3.38. The molecule has 2 aliphatic rings. The van der Waals surface area contributed by atoms with E-state index < -0.39 is 0 Å². The third-order valence-electron chi connectivity index (χ3n) is 4.50. The van der Waals surface area contributed by atoms with Crippen molar-refractivity contribution in [2.24, 2.45) is 0 Å². The van der Waals surface area contributed by atoms with Crippen LogP contribution in [0.25, 0.3) is 0 Å². The Bertz CT molecular complexity index is 470. The van der Waals surface area contributed by atoms with Gasteiger partial charge in [-0.15, -0.1) is 12.4 Å². The van der Waals surface area contributed by atoms with Crippen LogP contribution in [0.2, 0.25) is 0 Å². The lowest BCUT2D eigenvalue weighted by molar-refractivity contribution is 0.247. The molecule has 0 radical (unpaired) electrons. The fraction of sp³-hybridized carbons (Fsp3) is 0.625. The molecule has 2 unspecified atom stereocenters. The molecule has 118 valence electrons. The predicted molar refractivity (Wildman–Crippen MR) is 86.6 cm³/mol. The summed E-state index contributed by atoms with van der Waals surface area (Å²) in [6, 6.07) is 7.51. The van der Waals surface area contributed by atoms with E-state index in [1.807, 2.05) is 12.1 Å². The molecule has 0 saturated carbocycles. The van der Waals surface area contributed by atoms with Crippen LogP contribution in [0.5, 0.6) is 11.5 Å². The topological polar surface area (TPSA) is 33.7 Å². The van der Waals surface area contributed by atoms with Crippen molar-refractivity contribution < 1.29 is 9.47 Å². The van der Waals surface area contributed by atoms with Crippen LogP contribution >= 0.6 is 12.4 Å². The van der Waals surface area contributed by atoms with Gasteiger partial charge < -0.3 is 14.8 Å². The first-order valence-electron chi connectivity index (χ1n) is 7.48. The summed E-state index contributed by atoms with van der Waals surface area (Å²) in [7, 11) is 3.41. The van der Waals surface area contributed by atoms with E-state index in [4.69, 9.17) is 9.47 Å². The van der Waals surface area contributed by atoms with E-state index in [1.165, 1.54) is 31.4 Å². The molecule has 1 aromatic rings. The Morgan fingerprint density at radius 3 is 2.71 bits per heavy atom. The normalized spacial score (nSPS) is 25.0. The van der Waals surface area contributed by atoms with Gasteiger partial charge in [0.25, 0.3) is 0 Å². The molecule has 2 aliphatic heterocycles. The minimum absolute atomic E-state index is 0. The zero-order valence-electron chi connectivity index (χ0n) is 12.8. The van der Waals surface area contributed by atoms with Gasteiger partial charge in [0.2, 0.25) is 0 Å². The molecule has 1 aromatic carbocycles. The van der Waals surface area contributed by atoms with Crippen molar-refractivity contribution in [1.29, 1.82) is 0 Å². The van der Waals surface area contributed by atoms with Crippen LogP contribution in [-0.2, 0) is 6.54 Å². The molecule has 0 aliphatic carbocycles. The maximum absolute atomic E-state index is 5.50. The highest BCUT2D eigenvalue weighted by atomic mass is 35.5. The average Bonchev–Trinajstić information content (AvgIpc) is 2.82. The summed E-state index contributed by atoms with van der Waals surface area (Å²) in [4.78, 5) is 2.54. The number of rotatable bonds is 4. The van der Waals surface area contributed by atoms with E-state index >= 15 is 0 Å². The molecule has 0 aromatic heterocycles. The van der Waals surface area contributed by atoms with Crippen molar-refractivity contribution in [3.05, 3.63) is 23.8 Å². The number of nitrogens with zero attached hydrogens (tertiary/aromatic N) is 1. The number of nitrogens with one attached hydrogen (secondary N) is 1. The third kappa shape index (κ3) is 3.82. The first kappa shape index (κ1) is 16.4. The Labute approximate surface area is 133 Å². The minimum atomic E-state index is 0. The molecule has 0 spiro atoms. The SMILES string of the molecule is COc1ccc(CN2CCC3CCC(C2)N3)c(OC)c1.Cl. The second-order valence-electron chi connectivity index (χ2n) is 5.84. The Kier molecular flexibility index (Phi) is 5.73. The molecular weight excluding hydrogens is 288 g/mol. The number of likely N-dealkylation sites (tertiary alicyclic amines) is 1. The van der Waals surface area contributed by atoms with Gasteiger partial charge >= 0.3 is 0 Å². The van der Waals surface area contributed by atoms with Crippen molar-refractivity contribution in [2.45, 2.75) is 37.9 Å². The zero-order chi connectivity index (χ0) is 13.9. The van der Waals surface area contributed by atoms with Crippen LogP contribution in [0, 0.1) is 0 Å². The fourth-order valence-corrected chi connectivity index (χ4v) is 3.38. The van der Waals surface area contributed by atoms with E-state index in [2.05, 4.69) is 16.3 Å². The highest BCUT2D eigenvalue weighted by Gasteiger charge is 2.29. The predicted octanol–water partition coefficient (Wildman–Crippen LogP) is 2.45. The van der Waals surface area contributed by atoms with Gasteiger partial charge in [0.15, 0.2) is 0 Å². The van der Waals surface area contributed by atoms with E-state index in [-0.39, 0.29) is 12.4 Å². The summed E-state index contributed by atoms with van der Waals surface area (Å²) < 4.78 is 10.8. The largest absolute Gasteiger partial charge is 0.497 e. The summed E-state index contributed by atoms with van der Waals surface area (Å²) in [6.45, 7) is 3.27. The van der Waals surface area contributed by atoms with Gasteiger partial charge in [-0.25, -0.2) is 0 Å². The van der Waals surface area contributed by atoms with Gasteiger partial charge in [0.05, 0.1) is 14.2 Å². The summed E-state index contributed by atoms with van der Waals surface area (Å²) in [6.07, 6.45) is 3.93. The maximum atomic E-state index is 5.50. The molecule has 4 nitrogen and oxygen atoms in total. The van der Waals surface area contributed by atoms with Crippen LogP contribution < -0.4 is 14.8 Å². The number of hydrogen-bond donors (Lipinski definition) is 1. The second kappa shape index (κ2) is 7.34. The summed E-state index contributed by atoms with van der Waals surface area (Å²) in [5.41, 5.74) is 1.24. The Balaban J connectivity index is 0.00000161. The van der Waals surface area contributed by atoms with Crippen molar-refractivity contribution in [2.75, 3.05) is 27.3 Å². The molecule has 5 heteroatoms. The summed E-state index contributed by atoms with van der Waals surface area (Å²) >= 11 is 0. The monoisotopic (exact) mass is 312 g/mol. The lowest BCUT2D eigenvalue weighted by Gasteiger charge is -2.25. The van der Waals surface area contributed by atoms with Crippen molar-refractivity contribution in [3.63, 3.8) is 0 Å². The molecule has 2 atom stereocenters. The maximum Gasteiger partial charge on any atom is 0.127 e. The second-order valence-corrected chi connectivity index (χ2v) is 5.84. The number of hydrogen-bond acceptors (Lipinski definition) is 4. The number of ether oxygens (including phenoxy) is 2. The van der Waals surface area contributed by atoms with Crippen LogP contribution in [0.15, 0.2) is 18.2 Å². The average molecular weight is 313 g/mol. The van der Waals surface area contributed by atoms with Crippen LogP contribution in [0.4, 0.5) is 0 Å². The van der Waals surface area contributed by atoms with Crippen molar-refractivity contribution >= 4 is 12.4 Å². The molecule has 3 rings (SSSR count). The van der Waals surface area contributed by atoms with Gasteiger partial charge in [-0.2, -0.15) is 0 Å². The van der Waals surface area contributed by atoms with Gasteiger partial charge in [0.1, 0.15) is 11.5 Å². The van der Waals surface area contributed by atoms with E-state index in [0.29, 0.717) is 6.04 Å². The Morgan fingerprint density at radius 1 is 1.14 bits per heavy atom. The van der Waals surface area contributed by atoms with E-state index in [1.54, 1.807) is 14.2 Å². The summed E-state index contributed by atoms with van der Waals surface area (Å²) in [5, 5.41) is 3.72. The number of halogens is 1. The number of benzene rings is 1. The number of fused-ring (bicyclic) bond motifs is 2. The lowest BCUT2D eigenvalue weighted by atomic mass is 10.1. The van der Waals surface area contributed by atoms with Crippen molar-refractivity contribution in [3.8, 4) is 11.5 Å². The van der Waals surface area contributed by atoms with Gasteiger partial charge in [0, 0.05) is 43.3 Å². The molecule has 0 amide bonds. The highest BCUT2D eigenvalue weighted by Crippen LogP contribution is 2.27. The van der Waals surface area contributed by atoms with Crippen LogP contribution in [0.3, 0.4) is 0 Å². The van der Waals surface area contributed by atoms with Crippen molar-refractivity contribution in [1.82, 2.24) is 10.2 Å². The quantitative estimate of drug-likeness (QED) is 0.926. The Morgan fingerprint density at radius 2 is 1.95 bits per heavy atom. The molecular formula is C16H25ClN2O2. The number of methoxy groups -OCH3 is 2. The minimum Gasteiger partial charge on any atom is -0.497 e. The van der Waals surface area contributed by atoms with E-state index in [0.717, 1.165) is 30.6 Å². The lowest BCUT2D eigenvalue weighted by Crippen LogP contribution is -2.35. The zero-order valence-corrected chi connectivity index (χ0v) is 13.6. The van der Waals surface area contributed by atoms with Crippen LogP contribution in [0.1, 0.15) is 24.8 Å². The third-order valence-corrected chi connectivity index (χ3v) is 4.50. The molecule has 21 heavy (non-hydrogen) atoms. The molecule has 2 heterocycles. The smallest absolute Gasteiger partial charge is 0.127 e. The first-order chi connectivity index (χ1) is 9.78. The molecule has 2 saturated heterocycles. The molecule has 2 bridgehead atoms.